The molecule has 2 fully saturated rings. The average Bonchev–Trinajstić information content (AvgIpc) is 2.51. The van der Waals surface area contributed by atoms with Crippen molar-refractivity contribution < 1.29 is 4.74 Å². The van der Waals surface area contributed by atoms with Gasteiger partial charge in [0.25, 0.3) is 0 Å². The molecule has 2 aliphatic rings. The Bertz CT molecular complexity index is 429. The third-order valence-corrected chi connectivity index (χ3v) is 4.89. The van der Waals surface area contributed by atoms with Crippen LogP contribution in [0.5, 0.6) is 0 Å². The number of hydrogen-bond donors (Lipinski definition) is 0. The number of nitrogens with zero attached hydrogens (tertiary/aromatic N) is 2. The minimum absolute atomic E-state index is 0.472. The average molecular weight is 288 g/mol. The zero-order chi connectivity index (χ0) is 14.7. The Balaban J connectivity index is 1.45. The van der Waals surface area contributed by atoms with E-state index < -0.39 is 0 Å². The van der Waals surface area contributed by atoms with Crippen molar-refractivity contribution in [2.24, 2.45) is 0 Å². The summed E-state index contributed by atoms with van der Waals surface area (Å²) >= 11 is 0. The fourth-order valence-electron chi connectivity index (χ4n) is 3.40. The third-order valence-electron chi connectivity index (χ3n) is 4.89. The highest BCUT2D eigenvalue weighted by Crippen LogP contribution is 2.24. The van der Waals surface area contributed by atoms with Crippen molar-refractivity contribution >= 4 is 5.69 Å². The smallest absolute Gasteiger partial charge is 0.0612 e. The summed E-state index contributed by atoms with van der Waals surface area (Å²) in [4.78, 5) is 4.90. The predicted octanol–water partition coefficient (Wildman–Crippen LogP) is 3.07. The molecule has 0 saturated carbocycles. The van der Waals surface area contributed by atoms with Gasteiger partial charge in [0.15, 0.2) is 0 Å². The summed E-state index contributed by atoms with van der Waals surface area (Å²) in [6.45, 7) is 6.77. The topological polar surface area (TPSA) is 15.7 Å². The monoisotopic (exact) mass is 288 g/mol. The molecule has 2 aliphatic heterocycles. The maximum absolute atomic E-state index is 6.33. The van der Waals surface area contributed by atoms with Crippen LogP contribution in [-0.4, -0.2) is 50.3 Å². The van der Waals surface area contributed by atoms with Crippen molar-refractivity contribution in [2.45, 2.75) is 44.8 Å². The van der Waals surface area contributed by atoms with E-state index in [1.165, 1.54) is 50.0 Å². The SMILES string of the molecule is Cc1ccc(N2CCC(OC3CCN(C)CC3)CC2)cc1. The Morgan fingerprint density at radius 3 is 1.95 bits per heavy atom. The molecule has 0 amide bonds. The Morgan fingerprint density at radius 2 is 1.38 bits per heavy atom. The molecule has 0 atom stereocenters. The van der Waals surface area contributed by atoms with Crippen LogP contribution in [0.2, 0.25) is 0 Å². The minimum atomic E-state index is 0.472. The number of aryl methyl sites for hydroxylation is 1. The molecule has 0 bridgehead atoms. The second kappa shape index (κ2) is 6.80. The summed E-state index contributed by atoms with van der Waals surface area (Å²) in [6, 6.07) is 8.90. The summed E-state index contributed by atoms with van der Waals surface area (Å²) in [7, 11) is 2.20. The second-order valence-corrected chi connectivity index (χ2v) is 6.66. The number of hydrogen-bond acceptors (Lipinski definition) is 3. The van der Waals surface area contributed by atoms with E-state index in [2.05, 4.69) is 48.0 Å². The first-order chi connectivity index (χ1) is 10.2. The van der Waals surface area contributed by atoms with Gasteiger partial charge in [0.2, 0.25) is 0 Å². The second-order valence-electron chi connectivity index (χ2n) is 6.66. The Kier molecular flexibility index (Phi) is 4.81. The molecular weight excluding hydrogens is 260 g/mol. The predicted molar refractivity (Wildman–Crippen MR) is 88.0 cm³/mol. The highest BCUT2D eigenvalue weighted by molar-refractivity contribution is 5.47. The van der Waals surface area contributed by atoms with Crippen LogP contribution in [0.1, 0.15) is 31.2 Å². The van der Waals surface area contributed by atoms with Gasteiger partial charge in [-0.1, -0.05) is 17.7 Å². The minimum Gasteiger partial charge on any atom is -0.375 e. The van der Waals surface area contributed by atoms with Crippen LogP contribution in [0.15, 0.2) is 24.3 Å². The maximum atomic E-state index is 6.33. The summed E-state index contributed by atoms with van der Waals surface area (Å²) in [5.74, 6) is 0. The van der Waals surface area contributed by atoms with E-state index >= 15 is 0 Å². The van der Waals surface area contributed by atoms with Crippen LogP contribution in [0, 0.1) is 6.92 Å². The van der Waals surface area contributed by atoms with E-state index in [1.807, 2.05) is 0 Å². The lowest BCUT2D eigenvalue weighted by Gasteiger charge is -2.37. The molecule has 3 heteroatoms. The molecule has 0 radical (unpaired) electrons. The molecule has 116 valence electrons. The lowest BCUT2D eigenvalue weighted by atomic mass is 10.0. The Morgan fingerprint density at radius 1 is 0.857 bits per heavy atom. The molecule has 21 heavy (non-hydrogen) atoms. The van der Waals surface area contributed by atoms with Crippen molar-refractivity contribution in [3.8, 4) is 0 Å². The van der Waals surface area contributed by atoms with Crippen LogP contribution in [0.4, 0.5) is 5.69 Å². The van der Waals surface area contributed by atoms with Crippen LogP contribution in [-0.2, 0) is 4.74 Å². The fraction of sp³-hybridized carbons (Fsp3) is 0.667. The molecule has 0 spiro atoms. The summed E-state index contributed by atoms with van der Waals surface area (Å²) in [5, 5.41) is 0. The standard InChI is InChI=1S/C18H28N2O/c1-15-3-5-16(6-4-15)20-13-9-18(10-14-20)21-17-7-11-19(2)12-8-17/h3-6,17-18H,7-14H2,1-2H3. The number of ether oxygens (including phenoxy) is 1. The zero-order valence-corrected chi connectivity index (χ0v) is 13.4. The first-order valence-electron chi connectivity index (χ1n) is 8.36. The summed E-state index contributed by atoms with van der Waals surface area (Å²) in [5.41, 5.74) is 2.69. The number of anilines is 1. The zero-order valence-electron chi connectivity index (χ0n) is 13.4. The molecule has 1 aromatic rings. The summed E-state index contributed by atoms with van der Waals surface area (Å²) < 4.78 is 6.33. The van der Waals surface area contributed by atoms with Gasteiger partial charge in [-0.2, -0.15) is 0 Å². The number of piperidine rings is 2. The molecule has 2 heterocycles. The Hall–Kier alpha value is -1.06. The highest BCUT2D eigenvalue weighted by Gasteiger charge is 2.25. The largest absolute Gasteiger partial charge is 0.375 e. The van der Waals surface area contributed by atoms with E-state index in [-0.39, 0.29) is 0 Å². The van der Waals surface area contributed by atoms with Gasteiger partial charge in [-0.25, -0.2) is 0 Å². The van der Waals surface area contributed by atoms with Crippen LogP contribution in [0.25, 0.3) is 0 Å². The molecule has 2 saturated heterocycles. The lowest BCUT2D eigenvalue weighted by Crippen LogP contribution is -2.41. The molecule has 0 aliphatic carbocycles. The van der Waals surface area contributed by atoms with Gasteiger partial charge in [-0.05, 0) is 51.8 Å². The molecule has 0 unspecified atom stereocenters. The van der Waals surface area contributed by atoms with Crippen LogP contribution < -0.4 is 4.90 Å². The normalized spacial score (nSPS) is 22.7. The van der Waals surface area contributed by atoms with Gasteiger partial charge in [-0.3, -0.25) is 0 Å². The van der Waals surface area contributed by atoms with Gasteiger partial charge in [-0.15, -0.1) is 0 Å². The third kappa shape index (κ3) is 3.98. The van der Waals surface area contributed by atoms with Crippen molar-refractivity contribution in [3.05, 3.63) is 29.8 Å². The van der Waals surface area contributed by atoms with Gasteiger partial charge in [0, 0.05) is 31.9 Å². The van der Waals surface area contributed by atoms with E-state index in [0.29, 0.717) is 12.2 Å². The molecule has 0 N–H and O–H groups in total. The van der Waals surface area contributed by atoms with E-state index in [1.54, 1.807) is 0 Å². The van der Waals surface area contributed by atoms with Crippen molar-refractivity contribution in [1.82, 2.24) is 4.90 Å². The fourth-order valence-corrected chi connectivity index (χ4v) is 3.40. The van der Waals surface area contributed by atoms with Crippen molar-refractivity contribution in [3.63, 3.8) is 0 Å². The van der Waals surface area contributed by atoms with E-state index in [9.17, 15) is 0 Å². The summed E-state index contributed by atoms with van der Waals surface area (Å²) in [6.07, 6.45) is 5.71. The molecule has 0 aromatic heterocycles. The molecule has 3 rings (SSSR count). The van der Waals surface area contributed by atoms with Gasteiger partial charge >= 0.3 is 0 Å². The number of likely N-dealkylation sites (tertiary alicyclic amines) is 1. The maximum Gasteiger partial charge on any atom is 0.0612 e. The van der Waals surface area contributed by atoms with Crippen LogP contribution >= 0.6 is 0 Å². The van der Waals surface area contributed by atoms with Gasteiger partial charge in [0.1, 0.15) is 0 Å². The van der Waals surface area contributed by atoms with Gasteiger partial charge < -0.3 is 14.5 Å². The van der Waals surface area contributed by atoms with E-state index in [0.717, 1.165) is 13.1 Å². The van der Waals surface area contributed by atoms with Crippen molar-refractivity contribution in [2.75, 3.05) is 38.1 Å². The van der Waals surface area contributed by atoms with E-state index in [4.69, 9.17) is 4.74 Å². The quantitative estimate of drug-likeness (QED) is 0.850. The first-order valence-corrected chi connectivity index (χ1v) is 8.36. The molecule has 1 aromatic carbocycles. The Labute approximate surface area is 128 Å². The molecular formula is C18H28N2O. The number of benzene rings is 1. The lowest BCUT2D eigenvalue weighted by molar-refractivity contribution is -0.0482. The first kappa shape index (κ1) is 14.9. The van der Waals surface area contributed by atoms with Crippen molar-refractivity contribution in [1.29, 1.82) is 0 Å². The number of rotatable bonds is 3. The van der Waals surface area contributed by atoms with Gasteiger partial charge in [0.05, 0.1) is 12.2 Å². The van der Waals surface area contributed by atoms with Crippen LogP contribution in [0.3, 0.4) is 0 Å². The highest BCUT2D eigenvalue weighted by atomic mass is 16.5. The molecule has 3 nitrogen and oxygen atoms in total.